The minimum Gasteiger partial charge on any atom is -0.354 e. The van der Waals surface area contributed by atoms with Gasteiger partial charge in [-0.25, -0.2) is 0 Å². The summed E-state index contributed by atoms with van der Waals surface area (Å²) in [5.41, 5.74) is 1.71. The van der Waals surface area contributed by atoms with Gasteiger partial charge in [-0.2, -0.15) is 15.1 Å². The van der Waals surface area contributed by atoms with Gasteiger partial charge in [0.05, 0.1) is 11.6 Å². The summed E-state index contributed by atoms with van der Waals surface area (Å²) in [5.74, 6) is 1.34. The van der Waals surface area contributed by atoms with Gasteiger partial charge >= 0.3 is 0 Å². The highest BCUT2D eigenvalue weighted by molar-refractivity contribution is 14.1. The molecule has 3 rings (SSSR count). The van der Waals surface area contributed by atoms with Gasteiger partial charge in [-0.1, -0.05) is 13.0 Å². The number of fused-ring (bicyclic) bond motifs is 1. The largest absolute Gasteiger partial charge is 0.354 e. The standard InChI is InChI=1S/C14H15IN6/c1-2-6-16-14-19-12(11-8-17-21-13(11)20-14)18-10-5-3-4-9(15)7-10/h3-5,7-8H,2,6H2,1H3,(H3,16,17,18,19,20,21). The first-order chi connectivity index (χ1) is 10.3. The van der Waals surface area contributed by atoms with Gasteiger partial charge in [0.15, 0.2) is 5.65 Å². The lowest BCUT2D eigenvalue weighted by Crippen LogP contribution is -2.06. The van der Waals surface area contributed by atoms with Gasteiger partial charge in [-0.15, -0.1) is 0 Å². The van der Waals surface area contributed by atoms with Crippen LogP contribution in [0.3, 0.4) is 0 Å². The second kappa shape index (κ2) is 6.25. The lowest BCUT2D eigenvalue weighted by atomic mass is 10.3. The minimum atomic E-state index is 0.599. The topological polar surface area (TPSA) is 78.5 Å². The molecule has 2 aromatic heterocycles. The number of aromatic nitrogens is 4. The molecule has 3 aromatic rings. The molecule has 0 fully saturated rings. The van der Waals surface area contributed by atoms with Crippen molar-refractivity contribution < 1.29 is 0 Å². The molecule has 21 heavy (non-hydrogen) atoms. The molecule has 0 amide bonds. The Morgan fingerprint density at radius 1 is 1.29 bits per heavy atom. The normalized spacial score (nSPS) is 10.8. The fourth-order valence-corrected chi connectivity index (χ4v) is 2.49. The van der Waals surface area contributed by atoms with Crippen molar-refractivity contribution in [1.82, 2.24) is 20.2 Å². The van der Waals surface area contributed by atoms with Crippen LogP contribution in [0.15, 0.2) is 30.5 Å². The number of benzene rings is 1. The monoisotopic (exact) mass is 394 g/mol. The Balaban J connectivity index is 1.97. The number of hydrogen-bond acceptors (Lipinski definition) is 5. The Kier molecular flexibility index (Phi) is 4.18. The maximum absolute atomic E-state index is 4.54. The average molecular weight is 394 g/mol. The maximum Gasteiger partial charge on any atom is 0.226 e. The van der Waals surface area contributed by atoms with Crippen LogP contribution >= 0.6 is 22.6 Å². The Morgan fingerprint density at radius 3 is 3.00 bits per heavy atom. The zero-order chi connectivity index (χ0) is 14.7. The molecule has 0 bridgehead atoms. The Morgan fingerprint density at radius 2 is 2.19 bits per heavy atom. The number of halogens is 1. The number of anilines is 3. The summed E-state index contributed by atoms with van der Waals surface area (Å²) in [4.78, 5) is 8.95. The highest BCUT2D eigenvalue weighted by Gasteiger charge is 2.09. The van der Waals surface area contributed by atoms with Gasteiger partial charge in [0.2, 0.25) is 5.95 Å². The summed E-state index contributed by atoms with van der Waals surface area (Å²) >= 11 is 2.29. The van der Waals surface area contributed by atoms with Crippen molar-refractivity contribution in [3.05, 3.63) is 34.0 Å². The van der Waals surface area contributed by atoms with Crippen LogP contribution in [0.1, 0.15) is 13.3 Å². The predicted octanol–water partition coefficient (Wildman–Crippen LogP) is 3.52. The molecule has 7 heteroatoms. The van der Waals surface area contributed by atoms with E-state index in [0.717, 1.165) is 35.5 Å². The van der Waals surface area contributed by atoms with Crippen LogP contribution in [0.4, 0.5) is 17.5 Å². The third-order valence-electron chi connectivity index (χ3n) is 2.93. The molecule has 0 aliphatic heterocycles. The predicted molar refractivity (Wildman–Crippen MR) is 92.9 cm³/mol. The van der Waals surface area contributed by atoms with Crippen molar-refractivity contribution in [2.24, 2.45) is 0 Å². The van der Waals surface area contributed by atoms with E-state index in [-0.39, 0.29) is 0 Å². The number of hydrogen-bond donors (Lipinski definition) is 3. The molecule has 0 unspecified atom stereocenters. The van der Waals surface area contributed by atoms with Crippen molar-refractivity contribution in [3.8, 4) is 0 Å². The van der Waals surface area contributed by atoms with Gasteiger partial charge < -0.3 is 10.6 Å². The van der Waals surface area contributed by atoms with Crippen LogP contribution in [0, 0.1) is 3.57 Å². The third-order valence-corrected chi connectivity index (χ3v) is 3.60. The molecule has 0 aliphatic carbocycles. The summed E-state index contributed by atoms with van der Waals surface area (Å²) in [6, 6.07) is 8.13. The SMILES string of the molecule is CCCNc1nc(Nc2cccc(I)c2)c2cn[nH]c2n1. The summed E-state index contributed by atoms with van der Waals surface area (Å²) < 4.78 is 1.17. The first-order valence-electron chi connectivity index (χ1n) is 6.74. The van der Waals surface area contributed by atoms with Crippen LogP contribution in [0.25, 0.3) is 11.0 Å². The Labute approximate surface area is 135 Å². The zero-order valence-electron chi connectivity index (χ0n) is 11.5. The lowest BCUT2D eigenvalue weighted by molar-refractivity contribution is 0.955. The van der Waals surface area contributed by atoms with Crippen LogP contribution < -0.4 is 10.6 Å². The summed E-state index contributed by atoms with van der Waals surface area (Å²) in [6.45, 7) is 2.94. The first kappa shape index (κ1) is 14.1. The first-order valence-corrected chi connectivity index (χ1v) is 7.81. The number of H-pyrrole nitrogens is 1. The molecule has 0 radical (unpaired) electrons. The van der Waals surface area contributed by atoms with Gasteiger partial charge in [0, 0.05) is 15.8 Å². The van der Waals surface area contributed by atoms with Crippen LogP contribution in [-0.2, 0) is 0 Å². The van der Waals surface area contributed by atoms with E-state index in [2.05, 4.69) is 66.4 Å². The van der Waals surface area contributed by atoms with Gasteiger partial charge in [0.25, 0.3) is 0 Å². The van der Waals surface area contributed by atoms with Crippen molar-refractivity contribution in [2.75, 3.05) is 17.2 Å². The molecule has 0 spiro atoms. The molecule has 0 aliphatic rings. The van der Waals surface area contributed by atoms with Crippen molar-refractivity contribution in [1.29, 1.82) is 0 Å². The molecular weight excluding hydrogens is 379 g/mol. The van der Waals surface area contributed by atoms with Gasteiger partial charge in [0.1, 0.15) is 5.82 Å². The molecule has 108 valence electrons. The average Bonchev–Trinajstić information content (AvgIpc) is 2.94. The van der Waals surface area contributed by atoms with Crippen molar-refractivity contribution in [3.63, 3.8) is 0 Å². The van der Waals surface area contributed by atoms with Crippen LogP contribution in [0.2, 0.25) is 0 Å². The lowest BCUT2D eigenvalue weighted by Gasteiger charge is -2.09. The zero-order valence-corrected chi connectivity index (χ0v) is 13.7. The molecule has 0 saturated heterocycles. The maximum atomic E-state index is 4.54. The quantitative estimate of drug-likeness (QED) is 0.578. The molecule has 6 nitrogen and oxygen atoms in total. The number of aromatic amines is 1. The van der Waals surface area contributed by atoms with Gasteiger partial charge in [-0.05, 0) is 47.2 Å². The van der Waals surface area contributed by atoms with E-state index in [1.54, 1.807) is 6.20 Å². The Hall–Kier alpha value is -1.90. The highest BCUT2D eigenvalue weighted by atomic mass is 127. The number of rotatable bonds is 5. The minimum absolute atomic E-state index is 0.599. The van der Waals surface area contributed by atoms with Crippen LogP contribution in [0.5, 0.6) is 0 Å². The van der Waals surface area contributed by atoms with E-state index < -0.39 is 0 Å². The van der Waals surface area contributed by atoms with Gasteiger partial charge in [-0.3, -0.25) is 5.10 Å². The molecular formula is C14H15IN6. The second-order valence-electron chi connectivity index (χ2n) is 4.59. The van der Waals surface area contributed by atoms with E-state index in [4.69, 9.17) is 0 Å². The highest BCUT2D eigenvalue weighted by Crippen LogP contribution is 2.24. The van der Waals surface area contributed by atoms with E-state index in [1.165, 1.54) is 3.57 Å². The molecule has 0 saturated carbocycles. The summed E-state index contributed by atoms with van der Waals surface area (Å²) in [7, 11) is 0. The van der Waals surface area contributed by atoms with E-state index in [0.29, 0.717) is 5.95 Å². The van der Waals surface area contributed by atoms with Crippen LogP contribution in [-0.4, -0.2) is 26.7 Å². The Bertz CT molecular complexity index is 754. The smallest absolute Gasteiger partial charge is 0.226 e. The summed E-state index contributed by atoms with van der Waals surface area (Å²) in [5, 5.41) is 14.3. The molecule has 3 N–H and O–H groups in total. The summed E-state index contributed by atoms with van der Waals surface area (Å²) in [6.07, 6.45) is 2.75. The van der Waals surface area contributed by atoms with E-state index in [9.17, 15) is 0 Å². The van der Waals surface area contributed by atoms with E-state index >= 15 is 0 Å². The number of nitrogens with one attached hydrogen (secondary N) is 3. The third kappa shape index (κ3) is 3.23. The fourth-order valence-electron chi connectivity index (χ4n) is 1.95. The fraction of sp³-hybridized carbons (Fsp3) is 0.214. The van der Waals surface area contributed by atoms with Crippen molar-refractivity contribution in [2.45, 2.75) is 13.3 Å². The van der Waals surface area contributed by atoms with E-state index in [1.807, 2.05) is 18.2 Å². The van der Waals surface area contributed by atoms with Crippen molar-refractivity contribution >= 4 is 51.1 Å². The molecule has 0 atom stereocenters. The number of nitrogens with zero attached hydrogens (tertiary/aromatic N) is 3. The second-order valence-corrected chi connectivity index (χ2v) is 5.84. The molecule has 2 heterocycles. The molecule has 1 aromatic carbocycles.